The molecule has 140 valence electrons. The molecule has 0 aliphatic carbocycles. The largest absolute Gasteiger partial charge is 0.313 e. The Hall–Kier alpha value is -2.19. The van der Waals surface area contributed by atoms with E-state index in [0.717, 1.165) is 16.2 Å². The fourth-order valence-electron chi connectivity index (χ4n) is 3.57. The second-order valence-electron chi connectivity index (χ2n) is 7.07. The van der Waals surface area contributed by atoms with Crippen molar-refractivity contribution in [2.75, 3.05) is 0 Å². The van der Waals surface area contributed by atoms with Gasteiger partial charge in [0.1, 0.15) is 0 Å². The third-order valence-electron chi connectivity index (χ3n) is 4.74. The smallest absolute Gasteiger partial charge is 0.162 e. The van der Waals surface area contributed by atoms with Gasteiger partial charge < -0.3 is 9.77 Å². The Morgan fingerprint density at radius 2 is 1.19 bits per heavy atom. The van der Waals surface area contributed by atoms with Gasteiger partial charge in [-0.15, -0.1) is 0 Å². The molecule has 0 aromatic heterocycles. The molecule has 3 rings (SSSR count). The van der Waals surface area contributed by atoms with Gasteiger partial charge in [-0.05, 0) is 11.5 Å². The Kier molecular flexibility index (Phi) is 6.28. The van der Waals surface area contributed by atoms with E-state index in [2.05, 4.69) is 0 Å². The first-order valence-electron chi connectivity index (χ1n) is 9.24. The van der Waals surface area contributed by atoms with Crippen LogP contribution in [0.3, 0.4) is 0 Å². The molecule has 0 saturated carbocycles. The highest BCUT2D eigenvalue weighted by molar-refractivity contribution is 7.79. The number of hydroxylamine groups is 2. The predicted molar refractivity (Wildman–Crippen MR) is 112 cm³/mol. The SMILES string of the molecule is CC(C)C(N(O)Cc1ccccc1)P(=O)(c1ccccc1)c1ccccc1. The molecule has 27 heavy (non-hydrogen) atoms. The summed E-state index contributed by atoms with van der Waals surface area (Å²) in [4.78, 5) is 0. The molecule has 0 fully saturated rings. The number of nitrogens with zero attached hydrogens (tertiary/aromatic N) is 1. The number of hydrogen-bond donors (Lipinski definition) is 1. The molecular formula is C23H26NO2P. The van der Waals surface area contributed by atoms with Crippen LogP contribution in [-0.4, -0.2) is 16.1 Å². The second-order valence-corrected chi connectivity index (χ2v) is 9.95. The topological polar surface area (TPSA) is 40.5 Å². The van der Waals surface area contributed by atoms with Crippen molar-refractivity contribution in [1.29, 1.82) is 0 Å². The van der Waals surface area contributed by atoms with Crippen LogP contribution in [0.1, 0.15) is 19.4 Å². The third kappa shape index (κ3) is 4.22. The van der Waals surface area contributed by atoms with E-state index >= 15 is 0 Å². The Labute approximate surface area is 161 Å². The van der Waals surface area contributed by atoms with Gasteiger partial charge in [0.05, 0.1) is 5.78 Å². The van der Waals surface area contributed by atoms with Gasteiger partial charge in [0, 0.05) is 17.2 Å². The Balaban J connectivity index is 2.09. The van der Waals surface area contributed by atoms with Crippen LogP contribution in [0.5, 0.6) is 0 Å². The maximum atomic E-state index is 14.6. The van der Waals surface area contributed by atoms with Gasteiger partial charge in [0.25, 0.3) is 0 Å². The minimum absolute atomic E-state index is 0.00930. The average molecular weight is 379 g/mol. The summed E-state index contributed by atoms with van der Waals surface area (Å²) in [5, 5.41) is 13.8. The van der Waals surface area contributed by atoms with Gasteiger partial charge in [-0.25, -0.2) is 0 Å². The van der Waals surface area contributed by atoms with Crippen LogP contribution in [0.25, 0.3) is 0 Å². The summed E-state index contributed by atoms with van der Waals surface area (Å²) < 4.78 is 14.6. The van der Waals surface area contributed by atoms with E-state index in [1.165, 1.54) is 5.06 Å². The predicted octanol–water partition coefficient (Wildman–Crippen LogP) is 4.87. The zero-order valence-corrected chi connectivity index (χ0v) is 16.7. The first-order valence-corrected chi connectivity index (χ1v) is 11.0. The molecule has 0 aliphatic rings. The number of rotatable bonds is 7. The fourth-order valence-corrected chi connectivity index (χ4v) is 7.01. The molecule has 3 aromatic rings. The van der Waals surface area contributed by atoms with Crippen LogP contribution < -0.4 is 10.6 Å². The van der Waals surface area contributed by atoms with Crippen LogP contribution in [0.2, 0.25) is 0 Å². The van der Waals surface area contributed by atoms with E-state index in [-0.39, 0.29) is 5.92 Å². The van der Waals surface area contributed by atoms with E-state index < -0.39 is 12.9 Å². The van der Waals surface area contributed by atoms with Gasteiger partial charge in [-0.1, -0.05) is 105 Å². The van der Waals surface area contributed by atoms with E-state index in [4.69, 9.17) is 0 Å². The maximum absolute atomic E-state index is 14.6. The summed E-state index contributed by atoms with van der Waals surface area (Å²) in [5.41, 5.74) is 0.985. The molecule has 3 aromatic carbocycles. The van der Waals surface area contributed by atoms with Crippen molar-refractivity contribution < 1.29 is 9.77 Å². The molecule has 4 heteroatoms. The monoisotopic (exact) mass is 379 g/mol. The zero-order valence-electron chi connectivity index (χ0n) is 15.8. The molecule has 0 radical (unpaired) electrons. The van der Waals surface area contributed by atoms with Crippen LogP contribution >= 0.6 is 7.14 Å². The minimum Gasteiger partial charge on any atom is -0.313 e. The lowest BCUT2D eigenvalue weighted by atomic mass is 10.2. The number of hydrogen-bond acceptors (Lipinski definition) is 3. The first kappa shape index (κ1) is 19.6. The van der Waals surface area contributed by atoms with Gasteiger partial charge in [-0.3, -0.25) is 0 Å². The summed E-state index contributed by atoms with van der Waals surface area (Å²) >= 11 is 0. The van der Waals surface area contributed by atoms with Gasteiger partial charge in [0.2, 0.25) is 0 Å². The third-order valence-corrected chi connectivity index (χ3v) is 8.48. The van der Waals surface area contributed by atoms with Crippen LogP contribution in [0, 0.1) is 5.92 Å². The molecule has 0 aliphatic heterocycles. The fraction of sp³-hybridized carbons (Fsp3) is 0.217. The van der Waals surface area contributed by atoms with Crippen molar-refractivity contribution in [2.45, 2.75) is 26.2 Å². The van der Waals surface area contributed by atoms with Crippen molar-refractivity contribution in [3.63, 3.8) is 0 Å². The second kappa shape index (κ2) is 8.67. The number of benzene rings is 3. The van der Waals surface area contributed by atoms with Gasteiger partial charge in [0.15, 0.2) is 7.14 Å². The van der Waals surface area contributed by atoms with E-state index in [9.17, 15) is 9.77 Å². The molecule has 1 atom stereocenters. The van der Waals surface area contributed by atoms with Crippen LogP contribution in [0.4, 0.5) is 0 Å². The highest BCUT2D eigenvalue weighted by Gasteiger charge is 2.42. The molecule has 0 saturated heterocycles. The maximum Gasteiger partial charge on any atom is 0.162 e. The van der Waals surface area contributed by atoms with Crippen molar-refractivity contribution in [2.24, 2.45) is 5.92 Å². The molecule has 0 amide bonds. The minimum atomic E-state index is -3.11. The Morgan fingerprint density at radius 1 is 0.778 bits per heavy atom. The standard InChI is InChI=1S/C23H26NO2P/c1-19(2)23(24(25)18-20-12-6-3-7-13-20)27(26,21-14-8-4-9-15-21)22-16-10-5-11-17-22/h3-17,19,23,25H,18H2,1-2H3. The molecule has 0 bridgehead atoms. The van der Waals surface area contributed by atoms with E-state index in [1.807, 2.05) is 105 Å². The summed E-state index contributed by atoms with van der Waals surface area (Å²) in [6.45, 7) is 4.35. The van der Waals surface area contributed by atoms with Crippen molar-refractivity contribution in [3.05, 3.63) is 96.6 Å². The summed E-state index contributed by atoms with van der Waals surface area (Å²) in [5.74, 6) is -0.535. The summed E-state index contributed by atoms with van der Waals surface area (Å²) in [6, 6.07) is 28.8. The van der Waals surface area contributed by atoms with Crippen molar-refractivity contribution in [3.8, 4) is 0 Å². The van der Waals surface area contributed by atoms with Crippen molar-refractivity contribution >= 4 is 17.8 Å². The van der Waals surface area contributed by atoms with E-state index in [1.54, 1.807) is 0 Å². The molecule has 1 N–H and O–H groups in total. The Morgan fingerprint density at radius 3 is 1.59 bits per heavy atom. The van der Waals surface area contributed by atoms with Crippen LogP contribution in [-0.2, 0) is 11.1 Å². The molecule has 1 unspecified atom stereocenters. The quantitative estimate of drug-likeness (QED) is 0.470. The highest BCUT2D eigenvalue weighted by atomic mass is 31.2. The van der Waals surface area contributed by atoms with Crippen molar-refractivity contribution in [1.82, 2.24) is 5.06 Å². The lowest BCUT2D eigenvalue weighted by molar-refractivity contribution is -0.122. The molecule has 0 heterocycles. The highest BCUT2D eigenvalue weighted by Crippen LogP contribution is 2.52. The zero-order chi connectivity index (χ0) is 19.3. The first-order chi connectivity index (χ1) is 13.0. The lowest BCUT2D eigenvalue weighted by Crippen LogP contribution is -2.41. The van der Waals surface area contributed by atoms with E-state index in [0.29, 0.717) is 6.54 Å². The molecular weight excluding hydrogens is 353 g/mol. The van der Waals surface area contributed by atoms with Gasteiger partial charge in [-0.2, -0.15) is 5.06 Å². The molecule has 3 nitrogen and oxygen atoms in total. The Bertz CT molecular complexity index is 839. The molecule has 0 spiro atoms. The average Bonchev–Trinajstić information content (AvgIpc) is 2.69. The summed E-state index contributed by atoms with van der Waals surface area (Å²) in [7, 11) is -3.11. The summed E-state index contributed by atoms with van der Waals surface area (Å²) in [6.07, 6.45) is 0. The lowest BCUT2D eigenvalue weighted by Gasteiger charge is -2.36. The van der Waals surface area contributed by atoms with Crippen LogP contribution in [0.15, 0.2) is 91.0 Å². The normalized spacial score (nSPS) is 13.1. The van der Waals surface area contributed by atoms with Gasteiger partial charge >= 0.3 is 0 Å².